The second kappa shape index (κ2) is 5.34. The van der Waals surface area contributed by atoms with E-state index in [1.54, 1.807) is 7.05 Å². The number of nitrogens with zero attached hydrogens (tertiary/aromatic N) is 4. The first-order chi connectivity index (χ1) is 11.9. The van der Waals surface area contributed by atoms with Crippen LogP contribution >= 0.6 is 0 Å². The molecule has 0 saturated carbocycles. The first kappa shape index (κ1) is 15.7. The van der Waals surface area contributed by atoms with Crippen molar-refractivity contribution in [3.63, 3.8) is 0 Å². The molecular weight excluding hydrogens is 318 g/mol. The summed E-state index contributed by atoms with van der Waals surface area (Å²) in [5, 5.41) is 0. The van der Waals surface area contributed by atoms with Crippen LogP contribution in [0.2, 0.25) is 0 Å². The van der Waals surface area contributed by atoms with Crippen molar-refractivity contribution in [2.24, 2.45) is 13.0 Å². The number of rotatable bonds is 1. The molecule has 1 aliphatic heterocycles. The maximum atomic E-state index is 12.4. The number of nitrogens with one attached hydrogen (secondary N) is 1. The van der Waals surface area contributed by atoms with Crippen LogP contribution in [0.3, 0.4) is 0 Å². The van der Waals surface area contributed by atoms with Gasteiger partial charge >= 0.3 is 5.69 Å². The molecule has 1 N–H and O–H groups in total. The molecule has 3 aromatic rings. The number of anilines is 2. The number of hydrogen-bond acceptors (Lipinski definition) is 4. The number of hydrogen-bond donors (Lipinski definition) is 1. The molecule has 3 heterocycles. The number of imidazole rings is 1. The van der Waals surface area contributed by atoms with Crippen molar-refractivity contribution in [3.05, 3.63) is 50.2 Å². The maximum absolute atomic E-state index is 12.4. The van der Waals surface area contributed by atoms with Gasteiger partial charge in [0.05, 0.1) is 0 Å². The van der Waals surface area contributed by atoms with E-state index in [0.29, 0.717) is 29.6 Å². The van der Waals surface area contributed by atoms with Crippen molar-refractivity contribution in [1.29, 1.82) is 0 Å². The van der Waals surface area contributed by atoms with E-state index in [4.69, 9.17) is 0 Å². The fourth-order valence-corrected chi connectivity index (χ4v) is 3.68. The average Bonchev–Trinajstić information content (AvgIpc) is 2.92. The molecule has 0 unspecified atom stereocenters. The summed E-state index contributed by atoms with van der Waals surface area (Å²) in [4.78, 5) is 33.5. The van der Waals surface area contributed by atoms with Gasteiger partial charge in [0.2, 0.25) is 5.95 Å². The Bertz CT molecular complexity index is 1110. The van der Waals surface area contributed by atoms with Gasteiger partial charge in [0, 0.05) is 25.8 Å². The van der Waals surface area contributed by atoms with Crippen LogP contribution in [0.1, 0.15) is 18.1 Å². The molecule has 0 fully saturated rings. The first-order valence-electron chi connectivity index (χ1n) is 8.41. The molecule has 0 aliphatic carbocycles. The topological polar surface area (TPSA) is 75.9 Å². The van der Waals surface area contributed by atoms with Crippen molar-refractivity contribution in [2.75, 3.05) is 11.4 Å². The number of H-pyrrole nitrogens is 1. The SMILES string of the molecule is Cc1ccc(N2C[C@H](C)Cn3c2nc2c3c(=O)[nH]c(=O)n2C)c(C)c1. The standard InChI is InChI=1S/C18H21N5O2/c1-10-5-6-13(12(3)7-10)22-8-11(2)9-23-14-15(19-17(22)23)21(4)18(25)20-16(14)24/h5-7,11H,8-9H2,1-4H3,(H,20,24,25)/t11-/m0/s1. The predicted octanol–water partition coefficient (Wildman–Crippen LogP) is 1.83. The van der Waals surface area contributed by atoms with Crippen molar-refractivity contribution < 1.29 is 0 Å². The summed E-state index contributed by atoms with van der Waals surface area (Å²) in [7, 11) is 1.63. The Morgan fingerprint density at radius 1 is 1.20 bits per heavy atom. The summed E-state index contributed by atoms with van der Waals surface area (Å²) < 4.78 is 3.33. The van der Waals surface area contributed by atoms with Gasteiger partial charge < -0.3 is 9.47 Å². The second-order valence-electron chi connectivity index (χ2n) is 7.02. The maximum Gasteiger partial charge on any atom is 0.329 e. The highest BCUT2D eigenvalue weighted by molar-refractivity contribution is 5.77. The lowest BCUT2D eigenvalue weighted by Gasteiger charge is -2.33. The molecule has 0 spiro atoms. The third kappa shape index (κ3) is 2.30. The highest BCUT2D eigenvalue weighted by Gasteiger charge is 2.29. The minimum Gasteiger partial charge on any atom is -0.311 e. The molecule has 0 bridgehead atoms. The van der Waals surface area contributed by atoms with E-state index in [9.17, 15) is 9.59 Å². The minimum atomic E-state index is -0.445. The minimum absolute atomic E-state index is 0.349. The van der Waals surface area contributed by atoms with E-state index >= 15 is 0 Å². The summed E-state index contributed by atoms with van der Waals surface area (Å²) in [5.74, 6) is 1.06. The number of benzene rings is 1. The molecule has 0 saturated heterocycles. The van der Waals surface area contributed by atoms with E-state index in [-0.39, 0.29) is 5.56 Å². The highest BCUT2D eigenvalue weighted by atomic mass is 16.2. The monoisotopic (exact) mass is 339 g/mol. The molecule has 130 valence electrons. The van der Waals surface area contributed by atoms with E-state index in [1.807, 2.05) is 4.57 Å². The van der Waals surface area contributed by atoms with Gasteiger partial charge in [0.1, 0.15) is 0 Å². The predicted molar refractivity (Wildman–Crippen MR) is 97.7 cm³/mol. The smallest absolute Gasteiger partial charge is 0.311 e. The summed E-state index contributed by atoms with van der Waals surface area (Å²) in [6, 6.07) is 6.32. The Labute approximate surface area is 144 Å². The lowest BCUT2D eigenvalue weighted by Crippen LogP contribution is -2.35. The van der Waals surface area contributed by atoms with Crippen LogP contribution in [0.5, 0.6) is 0 Å². The normalized spacial score (nSPS) is 17.1. The lowest BCUT2D eigenvalue weighted by atomic mass is 10.1. The summed E-state index contributed by atoms with van der Waals surface area (Å²) in [6.45, 7) is 7.83. The molecule has 0 radical (unpaired) electrons. The number of fused-ring (bicyclic) bond motifs is 3. The number of aromatic nitrogens is 4. The van der Waals surface area contributed by atoms with Crippen molar-refractivity contribution in [2.45, 2.75) is 27.3 Å². The zero-order chi connectivity index (χ0) is 17.9. The molecule has 25 heavy (non-hydrogen) atoms. The van der Waals surface area contributed by atoms with Gasteiger partial charge in [-0.2, -0.15) is 4.98 Å². The van der Waals surface area contributed by atoms with Gasteiger partial charge in [0.15, 0.2) is 11.2 Å². The van der Waals surface area contributed by atoms with Gasteiger partial charge in [-0.05, 0) is 31.4 Å². The zero-order valence-corrected chi connectivity index (χ0v) is 14.8. The van der Waals surface area contributed by atoms with Gasteiger partial charge in [-0.3, -0.25) is 14.3 Å². The lowest BCUT2D eigenvalue weighted by molar-refractivity contribution is 0.458. The molecule has 0 amide bonds. The van der Waals surface area contributed by atoms with E-state index < -0.39 is 5.69 Å². The van der Waals surface area contributed by atoms with Gasteiger partial charge in [0.25, 0.3) is 5.56 Å². The van der Waals surface area contributed by atoms with Crippen LogP contribution in [0, 0.1) is 19.8 Å². The van der Waals surface area contributed by atoms with E-state index in [1.165, 1.54) is 10.1 Å². The van der Waals surface area contributed by atoms with Crippen LogP contribution in [0.25, 0.3) is 11.2 Å². The Kier molecular flexibility index (Phi) is 3.35. The molecule has 1 atom stereocenters. The first-order valence-corrected chi connectivity index (χ1v) is 8.41. The molecule has 4 rings (SSSR count). The quantitative estimate of drug-likeness (QED) is 0.734. The van der Waals surface area contributed by atoms with Crippen molar-refractivity contribution >= 4 is 22.8 Å². The molecule has 1 aromatic carbocycles. The fourth-order valence-electron chi connectivity index (χ4n) is 3.68. The third-order valence-corrected chi connectivity index (χ3v) is 4.86. The van der Waals surface area contributed by atoms with Crippen LogP contribution in [-0.2, 0) is 13.6 Å². The molecule has 1 aliphatic rings. The van der Waals surface area contributed by atoms with Gasteiger partial charge in [-0.15, -0.1) is 0 Å². The zero-order valence-electron chi connectivity index (χ0n) is 14.8. The Hall–Kier alpha value is -2.83. The van der Waals surface area contributed by atoms with Crippen LogP contribution < -0.4 is 16.1 Å². The number of aryl methyl sites for hydroxylation is 3. The largest absolute Gasteiger partial charge is 0.329 e. The molecular formula is C18H21N5O2. The number of aromatic amines is 1. The Balaban J connectivity index is 2.02. The Morgan fingerprint density at radius 3 is 2.68 bits per heavy atom. The van der Waals surface area contributed by atoms with E-state index in [2.05, 4.69) is 53.8 Å². The molecule has 7 nitrogen and oxygen atoms in total. The van der Waals surface area contributed by atoms with Gasteiger partial charge in [-0.25, -0.2) is 4.79 Å². The van der Waals surface area contributed by atoms with Crippen LogP contribution in [-0.4, -0.2) is 25.6 Å². The fraction of sp³-hybridized carbons (Fsp3) is 0.389. The molecule has 7 heteroatoms. The van der Waals surface area contributed by atoms with Crippen LogP contribution in [0.4, 0.5) is 11.6 Å². The Morgan fingerprint density at radius 2 is 1.96 bits per heavy atom. The van der Waals surface area contributed by atoms with Crippen molar-refractivity contribution in [3.8, 4) is 0 Å². The summed E-state index contributed by atoms with van der Waals surface area (Å²) in [5.41, 5.74) is 3.50. The molecule has 2 aromatic heterocycles. The van der Waals surface area contributed by atoms with Crippen molar-refractivity contribution in [1.82, 2.24) is 19.1 Å². The summed E-state index contributed by atoms with van der Waals surface area (Å²) in [6.07, 6.45) is 0. The highest BCUT2D eigenvalue weighted by Crippen LogP contribution is 2.34. The second-order valence-corrected chi connectivity index (χ2v) is 7.02. The van der Waals surface area contributed by atoms with Gasteiger partial charge in [-0.1, -0.05) is 24.6 Å². The third-order valence-electron chi connectivity index (χ3n) is 4.86. The summed E-state index contributed by atoms with van der Waals surface area (Å²) >= 11 is 0. The average molecular weight is 339 g/mol. The van der Waals surface area contributed by atoms with Crippen LogP contribution in [0.15, 0.2) is 27.8 Å². The van der Waals surface area contributed by atoms with E-state index in [0.717, 1.165) is 17.8 Å².